The van der Waals surface area contributed by atoms with E-state index >= 15 is 0 Å². The zero-order valence-corrected chi connectivity index (χ0v) is 11.4. The number of benzene rings is 1. The molecule has 0 aliphatic rings. The van der Waals surface area contributed by atoms with E-state index in [0.717, 1.165) is 5.56 Å². The van der Waals surface area contributed by atoms with E-state index in [9.17, 15) is 9.59 Å². The lowest BCUT2D eigenvalue weighted by Gasteiger charge is -2.10. The van der Waals surface area contributed by atoms with Crippen LogP contribution in [-0.4, -0.2) is 24.2 Å². The normalized spacial score (nSPS) is 10.2. The Labute approximate surface area is 112 Å². The van der Waals surface area contributed by atoms with Crippen molar-refractivity contribution in [2.24, 2.45) is 0 Å². The minimum Gasteiger partial charge on any atom is -0.466 e. The van der Waals surface area contributed by atoms with Crippen molar-refractivity contribution < 1.29 is 14.3 Å². The molecule has 18 heavy (non-hydrogen) atoms. The first kappa shape index (κ1) is 14.7. The van der Waals surface area contributed by atoms with E-state index in [1.165, 1.54) is 0 Å². The number of alkyl halides is 1. The van der Waals surface area contributed by atoms with Crippen molar-refractivity contribution in [1.29, 1.82) is 0 Å². The summed E-state index contributed by atoms with van der Waals surface area (Å²) < 4.78 is 4.90. The predicted molar refractivity (Wildman–Crippen MR) is 71.2 cm³/mol. The van der Waals surface area contributed by atoms with E-state index in [-0.39, 0.29) is 30.5 Å². The van der Waals surface area contributed by atoms with Gasteiger partial charge >= 0.3 is 5.97 Å². The maximum atomic E-state index is 12.0. The van der Waals surface area contributed by atoms with E-state index < -0.39 is 0 Å². The molecule has 1 aromatic carbocycles. The van der Waals surface area contributed by atoms with Crippen LogP contribution in [0, 0.1) is 6.92 Å². The van der Waals surface area contributed by atoms with Crippen LogP contribution in [0.5, 0.6) is 0 Å². The van der Waals surface area contributed by atoms with Crippen molar-refractivity contribution in [3.8, 4) is 0 Å². The largest absolute Gasteiger partial charge is 0.466 e. The fourth-order valence-corrected chi connectivity index (χ4v) is 2.02. The van der Waals surface area contributed by atoms with Gasteiger partial charge in [0, 0.05) is 17.9 Å². The van der Waals surface area contributed by atoms with Gasteiger partial charge in [-0.3, -0.25) is 9.59 Å². The molecule has 0 radical (unpaired) electrons. The zero-order valence-electron chi connectivity index (χ0n) is 10.7. The van der Waals surface area contributed by atoms with Gasteiger partial charge in [-0.1, -0.05) is 18.2 Å². The summed E-state index contributed by atoms with van der Waals surface area (Å²) in [5.74, 6) is -0.0585. The van der Waals surface area contributed by atoms with Crippen molar-refractivity contribution in [1.82, 2.24) is 0 Å². The average molecular weight is 269 g/mol. The molecule has 0 saturated heterocycles. The molecule has 0 fully saturated rings. The maximum absolute atomic E-state index is 12.0. The smallest absolute Gasteiger partial charge is 0.310 e. The average Bonchev–Trinajstić information content (AvgIpc) is 2.29. The van der Waals surface area contributed by atoms with Crippen molar-refractivity contribution in [2.75, 3.05) is 12.5 Å². The number of rotatable bonds is 6. The molecule has 1 aromatic rings. The summed E-state index contributed by atoms with van der Waals surface area (Å²) in [6.07, 6.45) is 0.404. The monoisotopic (exact) mass is 268 g/mol. The highest BCUT2D eigenvalue weighted by molar-refractivity contribution is 6.19. The van der Waals surface area contributed by atoms with Gasteiger partial charge in [0.05, 0.1) is 13.0 Å². The molecule has 98 valence electrons. The molecule has 3 nitrogen and oxygen atoms in total. The summed E-state index contributed by atoms with van der Waals surface area (Å²) in [5, 5.41) is 0. The van der Waals surface area contributed by atoms with Crippen LogP contribution >= 0.6 is 11.6 Å². The third-order valence-corrected chi connectivity index (χ3v) is 2.79. The Kier molecular flexibility index (Phi) is 5.86. The highest BCUT2D eigenvalue weighted by atomic mass is 35.5. The summed E-state index contributed by atoms with van der Waals surface area (Å²) in [6.45, 7) is 3.96. The molecule has 0 saturated carbocycles. The molecule has 0 spiro atoms. The van der Waals surface area contributed by atoms with Crippen LogP contribution in [0.3, 0.4) is 0 Å². The number of esters is 1. The molecule has 0 amide bonds. The van der Waals surface area contributed by atoms with Gasteiger partial charge in [0.2, 0.25) is 0 Å². The third-order valence-electron chi connectivity index (χ3n) is 2.60. The highest BCUT2D eigenvalue weighted by Crippen LogP contribution is 2.18. The summed E-state index contributed by atoms with van der Waals surface area (Å²) in [4.78, 5) is 23.5. The number of hydrogen-bond donors (Lipinski definition) is 0. The van der Waals surface area contributed by atoms with E-state index in [4.69, 9.17) is 16.3 Å². The van der Waals surface area contributed by atoms with E-state index in [2.05, 4.69) is 0 Å². The van der Waals surface area contributed by atoms with Gasteiger partial charge in [0.15, 0.2) is 5.78 Å². The molecular weight excluding hydrogens is 252 g/mol. The second kappa shape index (κ2) is 7.17. The molecule has 0 aromatic heterocycles. The Morgan fingerprint density at radius 1 is 1.33 bits per heavy atom. The van der Waals surface area contributed by atoms with E-state index in [0.29, 0.717) is 17.7 Å². The number of ether oxygens (including phenoxy) is 1. The van der Waals surface area contributed by atoms with Crippen LogP contribution in [-0.2, 0) is 16.0 Å². The van der Waals surface area contributed by atoms with Crippen LogP contribution in [0.15, 0.2) is 18.2 Å². The van der Waals surface area contributed by atoms with Gasteiger partial charge < -0.3 is 4.74 Å². The first-order valence-corrected chi connectivity index (χ1v) is 6.46. The van der Waals surface area contributed by atoms with Gasteiger partial charge in [-0.2, -0.15) is 0 Å². The van der Waals surface area contributed by atoms with Gasteiger partial charge in [0.25, 0.3) is 0 Å². The number of halogens is 1. The Bertz CT molecular complexity index is 441. The van der Waals surface area contributed by atoms with Crippen LogP contribution in [0.25, 0.3) is 0 Å². The molecule has 1 rings (SSSR count). The third kappa shape index (κ3) is 3.84. The lowest BCUT2D eigenvalue weighted by atomic mass is 9.95. The number of carbonyl (C=O) groups is 2. The van der Waals surface area contributed by atoms with Crippen LogP contribution < -0.4 is 0 Å². The Hall–Kier alpha value is -1.35. The molecule has 0 aliphatic heterocycles. The SMILES string of the molecule is CCOC(=O)Cc1cccc(C)c1C(=O)CCCl. The first-order valence-electron chi connectivity index (χ1n) is 5.93. The second-order valence-electron chi connectivity index (χ2n) is 3.95. The summed E-state index contributed by atoms with van der Waals surface area (Å²) >= 11 is 5.59. The maximum Gasteiger partial charge on any atom is 0.310 e. The van der Waals surface area contributed by atoms with Gasteiger partial charge in [0.1, 0.15) is 0 Å². The van der Waals surface area contributed by atoms with Gasteiger partial charge in [-0.05, 0) is 25.0 Å². The minimum atomic E-state index is -0.317. The highest BCUT2D eigenvalue weighted by Gasteiger charge is 2.16. The quantitative estimate of drug-likeness (QED) is 0.453. The van der Waals surface area contributed by atoms with Gasteiger partial charge in [-0.15, -0.1) is 11.6 Å². The standard InChI is InChI=1S/C14H17ClO3/c1-3-18-13(17)9-11-6-4-5-10(2)14(11)12(16)7-8-15/h4-6H,3,7-9H2,1-2H3. The Morgan fingerprint density at radius 3 is 2.67 bits per heavy atom. The molecule has 0 heterocycles. The number of ketones is 1. The second-order valence-corrected chi connectivity index (χ2v) is 4.33. The van der Waals surface area contributed by atoms with Crippen molar-refractivity contribution in [2.45, 2.75) is 26.7 Å². The van der Waals surface area contributed by atoms with Crippen LogP contribution in [0.1, 0.15) is 34.8 Å². The Morgan fingerprint density at radius 2 is 2.06 bits per heavy atom. The Balaban J connectivity index is 3.00. The molecule has 0 N–H and O–H groups in total. The molecular formula is C14H17ClO3. The molecule has 0 unspecified atom stereocenters. The van der Waals surface area contributed by atoms with E-state index in [1.807, 2.05) is 19.1 Å². The van der Waals surface area contributed by atoms with Crippen LogP contribution in [0.4, 0.5) is 0 Å². The molecule has 0 aliphatic carbocycles. The van der Waals surface area contributed by atoms with Gasteiger partial charge in [-0.25, -0.2) is 0 Å². The summed E-state index contributed by atoms with van der Waals surface area (Å²) in [5.41, 5.74) is 2.18. The minimum absolute atomic E-state index is 0.0256. The van der Waals surface area contributed by atoms with Crippen molar-refractivity contribution in [3.63, 3.8) is 0 Å². The lowest BCUT2D eigenvalue weighted by Crippen LogP contribution is -2.13. The van der Waals surface area contributed by atoms with Crippen molar-refractivity contribution >= 4 is 23.4 Å². The topological polar surface area (TPSA) is 43.4 Å². The van der Waals surface area contributed by atoms with Crippen LogP contribution in [0.2, 0.25) is 0 Å². The summed E-state index contributed by atoms with van der Waals surface area (Å²) in [6, 6.07) is 5.48. The number of carbonyl (C=O) groups excluding carboxylic acids is 2. The zero-order chi connectivity index (χ0) is 13.5. The fraction of sp³-hybridized carbons (Fsp3) is 0.429. The summed E-state index contributed by atoms with van der Waals surface area (Å²) in [7, 11) is 0. The molecule has 0 atom stereocenters. The van der Waals surface area contributed by atoms with E-state index in [1.54, 1.807) is 13.0 Å². The molecule has 4 heteroatoms. The molecule has 0 bridgehead atoms. The number of aryl methyl sites for hydroxylation is 1. The fourth-order valence-electron chi connectivity index (χ4n) is 1.85. The van der Waals surface area contributed by atoms with Crippen molar-refractivity contribution in [3.05, 3.63) is 34.9 Å². The predicted octanol–water partition coefficient (Wildman–Crippen LogP) is 2.91. The first-order chi connectivity index (χ1) is 8.60. The number of hydrogen-bond acceptors (Lipinski definition) is 3. The number of Topliss-reactive ketones (excluding diaryl/α,β-unsaturated/α-hetero) is 1. The lowest BCUT2D eigenvalue weighted by molar-refractivity contribution is -0.142.